The smallest absolute Gasteiger partial charge is 0.264 e. The van der Waals surface area contributed by atoms with Gasteiger partial charge in [-0.1, -0.05) is 19.1 Å². The van der Waals surface area contributed by atoms with E-state index in [-0.39, 0.29) is 17.4 Å². The molecule has 2 aromatic rings. The van der Waals surface area contributed by atoms with Gasteiger partial charge in [0.05, 0.1) is 9.99 Å². The second-order valence-electron chi connectivity index (χ2n) is 4.69. The molecular weight excluding hydrogens is 312 g/mol. The fourth-order valence-corrected chi connectivity index (χ4v) is 2.34. The molecule has 2 rings (SSSR count). The fraction of sp³-hybridized carbons (Fsp3) is 0.455. The lowest BCUT2D eigenvalue weighted by molar-refractivity contribution is 0.399. The zero-order chi connectivity index (χ0) is 14.2. The van der Waals surface area contributed by atoms with Gasteiger partial charge in [0.15, 0.2) is 0 Å². The van der Waals surface area contributed by atoms with E-state index in [9.17, 15) is 4.79 Å². The predicted octanol–water partition coefficient (Wildman–Crippen LogP) is 2.66. The molecule has 3 N–H and O–H groups in total. The lowest BCUT2D eigenvalue weighted by Gasteiger charge is -2.19. The molecule has 2 heterocycles. The topological polar surface area (TPSA) is 101 Å². The molecule has 0 aliphatic rings. The van der Waals surface area contributed by atoms with Gasteiger partial charge >= 0.3 is 0 Å². The van der Waals surface area contributed by atoms with Crippen LogP contribution >= 0.6 is 15.9 Å². The highest BCUT2D eigenvalue weighted by Crippen LogP contribution is 2.27. The number of H-pyrrole nitrogens is 1. The molecule has 0 unspecified atom stereocenters. The Morgan fingerprint density at radius 3 is 2.74 bits per heavy atom. The third-order valence-electron chi connectivity index (χ3n) is 3.24. The Morgan fingerprint density at radius 1 is 1.47 bits per heavy atom. The molecule has 0 fully saturated rings. The number of hydrogen-bond donors (Lipinski definition) is 2. The maximum Gasteiger partial charge on any atom is 0.264 e. The third-order valence-corrected chi connectivity index (χ3v) is 3.84. The van der Waals surface area contributed by atoms with Crippen LogP contribution in [0.25, 0.3) is 10.9 Å². The normalized spacial score (nSPS) is 13.7. The summed E-state index contributed by atoms with van der Waals surface area (Å²) in [6.07, 6.45) is 1.76. The van der Waals surface area contributed by atoms with Crippen LogP contribution < -0.4 is 11.4 Å². The molecule has 0 spiro atoms. The van der Waals surface area contributed by atoms with Crippen LogP contribution in [-0.4, -0.2) is 14.8 Å². The first-order valence-corrected chi connectivity index (χ1v) is 6.66. The summed E-state index contributed by atoms with van der Waals surface area (Å²) in [5.41, 5.74) is 0.440. The van der Waals surface area contributed by atoms with Crippen molar-refractivity contribution in [2.24, 2.45) is 22.1 Å². The summed E-state index contributed by atoms with van der Waals surface area (Å²) in [5, 5.41) is 13.9. The Kier molecular flexibility index (Phi) is 3.70. The standard InChI is InChI=1S/C11H15BrN6O/c1-5(2)6(3)18-4-7(12)9-8(11(18)19)10(15-14-9)16-17-13/h4-6H,1-3H3,(H3,13,14,15,16)/t6-/m0/s1. The van der Waals surface area contributed by atoms with E-state index in [0.29, 0.717) is 16.8 Å². The summed E-state index contributed by atoms with van der Waals surface area (Å²) < 4.78 is 2.42. The summed E-state index contributed by atoms with van der Waals surface area (Å²) in [4.78, 5) is 12.5. The first-order valence-electron chi connectivity index (χ1n) is 5.87. The molecule has 2 aromatic heterocycles. The molecule has 19 heavy (non-hydrogen) atoms. The van der Waals surface area contributed by atoms with Crippen molar-refractivity contribution in [2.75, 3.05) is 0 Å². The highest BCUT2D eigenvalue weighted by atomic mass is 79.9. The van der Waals surface area contributed by atoms with Gasteiger partial charge < -0.3 is 10.4 Å². The van der Waals surface area contributed by atoms with E-state index >= 15 is 0 Å². The van der Waals surface area contributed by atoms with E-state index in [2.05, 4.69) is 50.3 Å². The van der Waals surface area contributed by atoms with Crippen molar-refractivity contribution < 1.29 is 0 Å². The first kappa shape index (κ1) is 13.7. The largest absolute Gasteiger partial charge is 0.311 e. The van der Waals surface area contributed by atoms with Gasteiger partial charge in [-0.3, -0.25) is 9.89 Å². The van der Waals surface area contributed by atoms with Crippen molar-refractivity contribution in [1.29, 1.82) is 0 Å². The van der Waals surface area contributed by atoms with Crippen LogP contribution in [0.1, 0.15) is 26.8 Å². The van der Waals surface area contributed by atoms with Gasteiger partial charge in [-0.2, -0.15) is 5.10 Å². The molecule has 102 valence electrons. The number of aromatic nitrogens is 3. The summed E-state index contributed by atoms with van der Waals surface area (Å²) in [5.74, 6) is 5.56. The molecule has 0 amide bonds. The number of pyridine rings is 1. The second-order valence-corrected chi connectivity index (χ2v) is 5.54. The van der Waals surface area contributed by atoms with Crippen LogP contribution in [0.15, 0.2) is 25.8 Å². The Balaban J connectivity index is 2.79. The fourth-order valence-electron chi connectivity index (χ4n) is 1.83. The van der Waals surface area contributed by atoms with Crippen molar-refractivity contribution in [1.82, 2.24) is 14.8 Å². The zero-order valence-electron chi connectivity index (χ0n) is 10.9. The van der Waals surface area contributed by atoms with E-state index in [1.165, 1.54) is 0 Å². The number of nitrogens with zero attached hydrogens (tertiary/aromatic N) is 4. The van der Waals surface area contributed by atoms with Crippen LogP contribution in [0.5, 0.6) is 0 Å². The maximum absolute atomic E-state index is 12.5. The predicted molar refractivity (Wildman–Crippen MR) is 76.3 cm³/mol. The van der Waals surface area contributed by atoms with Gasteiger partial charge in [-0.25, -0.2) is 0 Å². The SMILES string of the molecule is CC(C)[C@H](C)n1cc(Br)c2[nH]nc(N=NN)c2c1=O. The molecule has 0 saturated carbocycles. The van der Waals surface area contributed by atoms with Crippen molar-refractivity contribution in [3.8, 4) is 0 Å². The molecule has 8 heteroatoms. The number of hydrogen-bond acceptors (Lipinski definition) is 4. The number of fused-ring (bicyclic) bond motifs is 1. The van der Waals surface area contributed by atoms with Crippen LogP contribution in [0.4, 0.5) is 5.82 Å². The number of rotatable bonds is 3. The Morgan fingerprint density at radius 2 is 2.16 bits per heavy atom. The first-order chi connectivity index (χ1) is 8.97. The molecule has 0 bridgehead atoms. The average Bonchev–Trinajstić information content (AvgIpc) is 2.78. The van der Waals surface area contributed by atoms with E-state index < -0.39 is 0 Å². The van der Waals surface area contributed by atoms with Crippen LogP contribution in [0.2, 0.25) is 0 Å². The van der Waals surface area contributed by atoms with Crippen LogP contribution in [-0.2, 0) is 0 Å². The molecule has 0 aliphatic heterocycles. The van der Waals surface area contributed by atoms with Crippen molar-refractivity contribution in [3.05, 3.63) is 21.0 Å². The van der Waals surface area contributed by atoms with Gasteiger partial charge in [-0.05, 0) is 28.8 Å². The molecule has 0 saturated heterocycles. The third kappa shape index (κ3) is 2.27. The highest BCUT2D eigenvalue weighted by molar-refractivity contribution is 9.10. The van der Waals surface area contributed by atoms with Crippen LogP contribution in [0, 0.1) is 5.92 Å². The lowest BCUT2D eigenvalue weighted by Crippen LogP contribution is -2.25. The number of halogens is 1. The van der Waals surface area contributed by atoms with E-state index in [0.717, 1.165) is 4.47 Å². The number of nitrogens with two attached hydrogens (primary N) is 1. The highest BCUT2D eigenvalue weighted by Gasteiger charge is 2.19. The van der Waals surface area contributed by atoms with E-state index in [4.69, 9.17) is 5.84 Å². The summed E-state index contributed by atoms with van der Waals surface area (Å²) >= 11 is 3.43. The molecule has 0 aliphatic carbocycles. The van der Waals surface area contributed by atoms with Crippen molar-refractivity contribution >= 4 is 32.7 Å². The number of aromatic amines is 1. The molecule has 0 radical (unpaired) electrons. The summed E-state index contributed by atoms with van der Waals surface area (Å²) in [6, 6.07) is 0.0609. The van der Waals surface area contributed by atoms with Gasteiger partial charge in [0, 0.05) is 12.2 Å². The summed E-state index contributed by atoms with van der Waals surface area (Å²) in [6.45, 7) is 6.12. The average molecular weight is 327 g/mol. The Bertz CT molecular complexity index is 686. The van der Waals surface area contributed by atoms with Crippen molar-refractivity contribution in [3.63, 3.8) is 0 Å². The van der Waals surface area contributed by atoms with Gasteiger partial charge in [-0.15, -0.1) is 5.11 Å². The van der Waals surface area contributed by atoms with Crippen molar-refractivity contribution in [2.45, 2.75) is 26.8 Å². The van der Waals surface area contributed by atoms with Gasteiger partial charge in [0.1, 0.15) is 5.39 Å². The minimum Gasteiger partial charge on any atom is -0.311 e. The number of nitrogens with one attached hydrogen (secondary N) is 1. The minimum atomic E-state index is -0.157. The molecule has 7 nitrogen and oxygen atoms in total. The summed E-state index contributed by atoms with van der Waals surface area (Å²) in [7, 11) is 0. The molecule has 1 atom stereocenters. The molecule has 0 aromatic carbocycles. The lowest BCUT2D eigenvalue weighted by atomic mass is 10.1. The molecular formula is C11H15BrN6O. The zero-order valence-corrected chi connectivity index (χ0v) is 12.5. The monoisotopic (exact) mass is 326 g/mol. The minimum absolute atomic E-state index is 0.0609. The van der Waals surface area contributed by atoms with E-state index in [1.807, 2.05) is 6.92 Å². The van der Waals surface area contributed by atoms with Gasteiger partial charge in [0.2, 0.25) is 5.82 Å². The van der Waals surface area contributed by atoms with E-state index in [1.54, 1.807) is 10.8 Å². The Labute approximate surface area is 118 Å². The van der Waals surface area contributed by atoms with Gasteiger partial charge in [0.25, 0.3) is 5.56 Å². The Hall–Kier alpha value is -1.70. The van der Waals surface area contributed by atoms with Crippen LogP contribution in [0.3, 0.4) is 0 Å². The maximum atomic E-state index is 12.5. The quantitative estimate of drug-likeness (QED) is 0.515. The second kappa shape index (κ2) is 5.12.